The summed E-state index contributed by atoms with van der Waals surface area (Å²) in [5.74, 6) is 0. The molecule has 0 rings (SSSR count). The standard InChI is InChI=1S/C8H20N2O2.C4H12N2O/c9-3-1-5-11-7-8-12-6-2-4-10;5-1-3-7-4-2-6/h1-10H2;1-6H2. The Hall–Kier alpha value is -0.280. The molecule has 0 aliphatic carbocycles. The first-order valence-corrected chi connectivity index (χ1v) is 6.87. The summed E-state index contributed by atoms with van der Waals surface area (Å²) in [6.07, 6.45) is 1.84. The highest BCUT2D eigenvalue weighted by Crippen LogP contribution is 1.83. The van der Waals surface area contributed by atoms with E-state index < -0.39 is 0 Å². The number of hydrogen-bond acceptors (Lipinski definition) is 7. The van der Waals surface area contributed by atoms with Gasteiger partial charge in [0.25, 0.3) is 0 Å². The van der Waals surface area contributed by atoms with Crippen LogP contribution < -0.4 is 22.9 Å². The van der Waals surface area contributed by atoms with Crippen LogP contribution in [0.3, 0.4) is 0 Å². The van der Waals surface area contributed by atoms with Gasteiger partial charge in [-0.1, -0.05) is 0 Å². The highest BCUT2D eigenvalue weighted by atomic mass is 16.5. The van der Waals surface area contributed by atoms with Gasteiger partial charge in [-0.2, -0.15) is 0 Å². The summed E-state index contributed by atoms with van der Waals surface area (Å²) in [5, 5.41) is 0. The predicted molar refractivity (Wildman–Crippen MR) is 77.9 cm³/mol. The third kappa shape index (κ3) is 27.1. The summed E-state index contributed by atoms with van der Waals surface area (Å²) >= 11 is 0. The molecular formula is C12H32N4O3. The molecule has 0 aliphatic heterocycles. The smallest absolute Gasteiger partial charge is 0.0700 e. The fourth-order valence-corrected chi connectivity index (χ4v) is 0.961. The third-order valence-electron chi connectivity index (χ3n) is 1.88. The van der Waals surface area contributed by atoms with Gasteiger partial charge in [0.1, 0.15) is 0 Å². The molecule has 8 N–H and O–H groups in total. The first-order valence-electron chi connectivity index (χ1n) is 6.87. The zero-order valence-corrected chi connectivity index (χ0v) is 12.0. The van der Waals surface area contributed by atoms with Crippen LogP contribution >= 0.6 is 0 Å². The van der Waals surface area contributed by atoms with Crippen molar-refractivity contribution in [3.63, 3.8) is 0 Å². The van der Waals surface area contributed by atoms with E-state index in [9.17, 15) is 0 Å². The molecule has 0 amide bonds. The van der Waals surface area contributed by atoms with Crippen LogP contribution in [0, 0.1) is 0 Å². The van der Waals surface area contributed by atoms with E-state index in [-0.39, 0.29) is 0 Å². The zero-order valence-electron chi connectivity index (χ0n) is 12.0. The monoisotopic (exact) mass is 280 g/mol. The van der Waals surface area contributed by atoms with Gasteiger partial charge >= 0.3 is 0 Å². The Labute approximate surface area is 116 Å². The van der Waals surface area contributed by atoms with E-state index in [0.29, 0.717) is 52.6 Å². The van der Waals surface area contributed by atoms with Gasteiger partial charge in [0.2, 0.25) is 0 Å². The number of hydrogen-bond donors (Lipinski definition) is 4. The lowest BCUT2D eigenvalue weighted by atomic mass is 10.5. The fraction of sp³-hybridized carbons (Fsp3) is 1.00. The second-order valence-corrected chi connectivity index (χ2v) is 3.70. The molecule has 0 aromatic heterocycles. The lowest BCUT2D eigenvalue weighted by molar-refractivity contribution is 0.0471. The van der Waals surface area contributed by atoms with E-state index in [1.54, 1.807) is 0 Å². The van der Waals surface area contributed by atoms with E-state index in [1.807, 2.05) is 0 Å². The van der Waals surface area contributed by atoms with Crippen molar-refractivity contribution < 1.29 is 14.2 Å². The highest BCUT2D eigenvalue weighted by molar-refractivity contribution is 4.38. The van der Waals surface area contributed by atoms with E-state index in [1.165, 1.54) is 0 Å². The highest BCUT2D eigenvalue weighted by Gasteiger charge is 1.88. The Balaban J connectivity index is 0. The van der Waals surface area contributed by atoms with Crippen molar-refractivity contribution in [2.75, 3.05) is 65.8 Å². The largest absolute Gasteiger partial charge is 0.379 e. The van der Waals surface area contributed by atoms with Gasteiger partial charge in [0, 0.05) is 26.3 Å². The number of nitrogens with two attached hydrogens (primary N) is 4. The van der Waals surface area contributed by atoms with Gasteiger partial charge in [-0.25, -0.2) is 0 Å². The van der Waals surface area contributed by atoms with E-state index in [0.717, 1.165) is 26.1 Å². The maximum atomic E-state index is 5.28. The summed E-state index contributed by atoms with van der Waals surface area (Å²) in [7, 11) is 0. The molecular weight excluding hydrogens is 248 g/mol. The summed E-state index contributed by atoms with van der Waals surface area (Å²) < 4.78 is 15.3. The molecule has 118 valence electrons. The van der Waals surface area contributed by atoms with Crippen LogP contribution in [-0.4, -0.2) is 65.8 Å². The topological polar surface area (TPSA) is 132 Å². The predicted octanol–water partition coefficient (Wildman–Crippen LogP) is -1.36. The minimum Gasteiger partial charge on any atom is -0.379 e. The molecule has 19 heavy (non-hydrogen) atoms. The Kier molecular flexibility index (Phi) is 25.3. The minimum atomic E-state index is 0.583. The quantitative estimate of drug-likeness (QED) is 0.306. The third-order valence-corrected chi connectivity index (χ3v) is 1.88. The summed E-state index contributed by atoms with van der Waals surface area (Å²) in [6, 6.07) is 0. The van der Waals surface area contributed by atoms with Crippen LogP contribution in [0.2, 0.25) is 0 Å². The molecule has 0 saturated carbocycles. The normalized spacial score (nSPS) is 10.1. The average Bonchev–Trinajstić information content (AvgIpc) is 2.43. The molecule has 0 aliphatic rings. The lowest BCUT2D eigenvalue weighted by Crippen LogP contribution is -2.13. The van der Waals surface area contributed by atoms with Crippen LogP contribution in [0.15, 0.2) is 0 Å². The summed E-state index contributed by atoms with van der Waals surface area (Å²) in [6.45, 7) is 6.57. The van der Waals surface area contributed by atoms with Gasteiger partial charge in [-0.05, 0) is 25.9 Å². The molecule has 0 heterocycles. The zero-order chi connectivity index (χ0) is 14.6. The molecule has 0 unspecified atom stereocenters. The van der Waals surface area contributed by atoms with Crippen LogP contribution in [0.1, 0.15) is 12.8 Å². The van der Waals surface area contributed by atoms with Crippen LogP contribution in [0.25, 0.3) is 0 Å². The molecule has 0 aromatic carbocycles. The van der Waals surface area contributed by atoms with Gasteiger partial charge in [-0.3, -0.25) is 0 Å². The van der Waals surface area contributed by atoms with Crippen molar-refractivity contribution in [2.45, 2.75) is 12.8 Å². The Bertz CT molecular complexity index is 128. The molecule has 0 radical (unpaired) electrons. The van der Waals surface area contributed by atoms with E-state index >= 15 is 0 Å². The van der Waals surface area contributed by atoms with Crippen molar-refractivity contribution in [1.29, 1.82) is 0 Å². The molecule has 0 atom stereocenters. The van der Waals surface area contributed by atoms with Gasteiger partial charge < -0.3 is 37.1 Å². The first-order chi connectivity index (χ1) is 9.33. The van der Waals surface area contributed by atoms with Crippen molar-refractivity contribution >= 4 is 0 Å². The second-order valence-electron chi connectivity index (χ2n) is 3.70. The average molecular weight is 280 g/mol. The Morgan fingerprint density at radius 3 is 1.11 bits per heavy atom. The second kappa shape index (κ2) is 22.9. The van der Waals surface area contributed by atoms with Crippen molar-refractivity contribution in [3.05, 3.63) is 0 Å². The Morgan fingerprint density at radius 2 is 0.789 bits per heavy atom. The molecule has 0 saturated heterocycles. The maximum absolute atomic E-state index is 5.28. The fourth-order valence-electron chi connectivity index (χ4n) is 0.961. The lowest BCUT2D eigenvalue weighted by Gasteiger charge is -2.03. The van der Waals surface area contributed by atoms with E-state index in [2.05, 4.69) is 0 Å². The number of rotatable bonds is 13. The van der Waals surface area contributed by atoms with Crippen LogP contribution in [-0.2, 0) is 14.2 Å². The number of ether oxygens (including phenoxy) is 3. The molecule has 7 heteroatoms. The molecule has 7 nitrogen and oxygen atoms in total. The van der Waals surface area contributed by atoms with Crippen molar-refractivity contribution in [2.24, 2.45) is 22.9 Å². The van der Waals surface area contributed by atoms with Crippen LogP contribution in [0.5, 0.6) is 0 Å². The minimum absolute atomic E-state index is 0.583. The SMILES string of the molecule is NCCCOCCOCCCN.NCCOCCN. The van der Waals surface area contributed by atoms with Crippen LogP contribution in [0.4, 0.5) is 0 Å². The summed E-state index contributed by atoms with van der Waals surface area (Å²) in [5.41, 5.74) is 20.8. The molecule has 0 aromatic rings. The van der Waals surface area contributed by atoms with E-state index in [4.69, 9.17) is 37.1 Å². The molecule has 0 bridgehead atoms. The van der Waals surface area contributed by atoms with Crippen molar-refractivity contribution in [3.8, 4) is 0 Å². The van der Waals surface area contributed by atoms with Gasteiger partial charge in [-0.15, -0.1) is 0 Å². The first kappa shape index (κ1) is 21.0. The maximum Gasteiger partial charge on any atom is 0.0700 e. The summed E-state index contributed by atoms with van der Waals surface area (Å²) in [4.78, 5) is 0. The molecule has 0 spiro atoms. The molecule has 0 fully saturated rings. The van der Waals surface area contributed by atoms with Crippen molar-refractivity contribution in [1.82, 2.24) is 0 Å². The Morgan fingerprint density at radius 1 is 0.421 bits per heavy atom. The van der Waals surface area contributed by atoms with Gasteiger partial charge in [0.05, 0.1) is 26.4 Å². The van der Waals surface area contributed by atoms with Gasteiger partial charge in [0.15, 0.2) is 0 Å².